The summed E-state index contributed by atoms with van der Waals surface area (Å²) < 4.78 is 3.24. The lowest BCUT2D eigenvalue weighted by Crippen LogP contribution is -1.93. The number of hydrogen-bond donors (Lipinski definition) is 1. The van der Waals surface area contributed by atoms with E-state index in [9.17, 15) is 0 Å². The van der Waals surface area contributed by atoms with Gasteiger partial charge in [-0.05, 0) is 30.3 Å². The molecule has 0 aliphatic rings. The van der Waals surface area contributed by atoms with E-state index in [2.05, 4.69) is 50.7 Å². The van der Waals surface area contributed by atoms with Crippen LogP contribution in [0.5, 0.6) is 0 Å². The fourth-order valence-corrected chi connectivity index (χ4v) is 2.49. The highest BCUT2D eigenvalue weighted by molar-refractivity contribution is 9.10. The van der Waals surface area contributed by atoms with Crippen LogP contribution in [0.2, 0.25) is 0 Å². The molecule has 0 aliphatic heterocycles. The molecule has 3 aromatic rings. The van der Waals surface area contributed by atoms with E-state index in [1.165, 1.54) is 10.9 Å². The summed E-state index contributed by atoms with van der Waals surface area (Å²) in [6.45, 7) is 0. The molecule has 0 amide bonds. The second-order valence-corrected chi connectivity index (χ2v) is 5.18. The fourth-order valence-electron chi connectivity index (χ4n) is 2.14. The Kier molecular flexibility index (Phi) is 2.59. The van der Waals surface area contributed by atoms with Gasteiger partial charge in [-0.2, -0.15) is 0 Å². The van der Waals surface area contributed by atoms with E-state index in [4.69, 9.17) is 5.73 Å². The number of pyridine rings is 1. The van der Waals surface area contributed by atoms with Crippen LogP contribution in [0.15, 0.2) is 47.1 Å². The molecule has 2 N–H and O–H groups in total. The van der Waals surface area contributed by atoms with E-state index < -0.39 is 0 Å². The number of benzene rings is 1. The molecule has 0 aliphatic carbocycles. The molecular formula is C14H12BrN3. The number of nitrogens with zero attached hydrogens (tertiary/aromatic N) is 2. The Hall–Kier alpha value is -1.81. The molecule has 18 heavy (non-hydrogen) atoms. The summed E-state index contributed by atoms with van der Waals surface area (Å²) in [6, 6.07) is 12.2. The molecule has 0 saturated carbocycles. The van der Waals surface area contributed by atoms with Crippen LogP contribution < -0.4 is 5.73 Å². The standard InChI is InChI=1S/C14H12BrN3/c1-18-12(10-3-5-14(16)17-8-10)6-9-2-4-11(15)7-13(9)18/h2-8H,1H3,(H2,16,17). The predicted molar refractivity (Wildman–Crippen MR) is 78.3 cm³/mol. The predicted octanol–water partition coefficient (Wildman–Crippen LogP) is 3.59. The van der Waals surface area contributed by atoms with Gasteiger partial charge in [-0.1, -0.05) is 22.0 Å². The molecule has 2 heterocycles. The lowest BCUT2D eigenvalue weighted by atomic mass is 10.2. The number of nitrogens with two attached hydrogens (primary N) is 1. The zero-order valence-corrected chi connectivity index (χ0v) is 11.5. The van der Waals surface area contributed by atoms with E-state index in [0.717, 1.165) is 15.7 Å². The zero-order chi connectivity index (χ0) is 12.7. The highest BCUT2D eigenvalue weighted by atomic mass is 79.9. The van der Waals surface area contributed by atoms with E-state index in [-0.39, 0.29) is 0 Å². The van der Waals surface area contributed by atoms with Gasteiger partial charge >= 0.3 is 0 Å². The highest BCUT2D eigenvalue weighted by Gasteiger charge is 2.08. The van der Waals surface area contributed by atoms with Crippen molar-refractivity contribution in [2.75, 3.05) is 5.73 Å². The van der Waals surface area contributed by atoms with Crippen LogP contribution in [0.4, 0.5) is 5.82 Å². The van der Waals surface area contributed by atoms with Gasteiger partial charge in [0.15, 0.2) is 0 Å². The SMILES string of the molecule is Cn1c(-c2ccc(N)nc2)cc2ccc(Br)cc21. The maximum atomic E-state index is 5.61. The lowest BCUT2D eigenvalue weighted by Gasteiger charge is -2.04. The van der Waals surface area contributed by atoms with Crippen LogP contribution in [0.3, 0.4) is 0 Å². The summed E-state index contributed by atoms with van der Waals surface area (Å²) in [7, 11) is 2.06. The van der Waals surface area contributed by atoms with Crippen molar-refractivity contribution < 1.29 is 0 Å². The first-order valence-electron chi connectivity index (χ1n) is 5.62. The molecular weight excluding hydrogens is 290 g/mol. The lowest BCUT2D eigenvalue weighted by molar-refractivity contribution is 0.976. The minimum atomic E-state index is 0.542. The number of nitrogen functional groups attached to an aromatic ring is 1. The number of halogens is 1. The maximum Gasteiger partial charge on any atom is 0.123 e. The summed E-state index contributed by atoms with van der Waals surface area (Å²) >= 11 is 3.50. The topological polar surface area (TPSA) is 43.8 Å². The third-order valence-corrected chi connectivity index (χ3v) is 3.58. The van der Waals surface area contributed by atoms with Crippen molar-refractivity contribution in [1.82, 2.24) is 9.55 Å². The third-order valence-electron chi connectivity index (χ3n) is 3.09. The molecule has 0 radical (unpaired) electrons. The van der Waals surface area contributed by atoms with Gasteiger partial charge in [0.1, 0.15) is 5.82 Å². The first-order valence-corrected chi connectivity index (χ1v) is 6.41. The van der Waals surface area contributed by atoms with Gasteiger partial charge in [0.05, 0.1) is 5.69 Å². The number of anilines is 1. The van der Waals surface area contributed by atoms with E-state index >= 15 is 0 Å². The summed E-state index contributed by atoms with van der Waals surface area (Å²) in [6.07, 6.45) is 1.80. The van der Waals surface area contributed by atoms with Crippen molar-refractivity contribution in [1.29, 1.82) is 0 Å². The Bertz CT molecular complexity index is 714. The van der Waals surface area contributed by atoms with E-state index in [0.29, 0.717) is 5.82 Å². The van der Waals surface area contributed by atoms with Gasteiger partial charge in [0.2, 0.25) is 0 Å². The average Bonchev–Trinajstić information content (AvgIpc) is 2.68. The summed E-state index contributed by atoms with van der Waals surface area (Å²) in [5, 5.41) is 1.22. The van der Waals surface area contributed by atoms with E-state index in [1.54, 1.807) is 6.20 Å². The van der Waals surface area contributed by atoms with Gasteiger partial charge in [-0.3, -0.25) is 0 Å². The second-order valence-electron chi connectivity index (χ2n) is 4.26. The minimum absolute atomic E-state index is 0.542. The van der Waals surface area contributed by atoms with Crippen molar-refractivity contribution >= 4 is 32.7 Å². The largest absolute Gasteiger partial charge is 0.384 e. The normalized spacial score (nSPS) is 11.0. The van der Waals surface area contributed by atoms with Crippen molar-refractivity contribution in [3.63, 3.8) is 0 Å². The van der Waals surface area contributed by atoms with Gasteiger partial charge in [-0.15, -0.1) is 0 Å². The molecule has 1 aromatic carbocycles. The molecule has 0 bridgehead atoms. The Morgan fingerprint density at radius 3 is 2.72 bits per heavy atom. The summed E-state index contributed by atoms with van der Waals surface area (Å²) in [4.78, 5) is 4.14. The first-order chi connectivity index (χ1) is 8.65. The molecule has 0 fully saturated rings. The molecule has 4 heteroatoms. The van der Waals surface area contributed by atoms with Crippen molar-refractivity contribution in [3.05, 3.63) is 47.1 Å². The smallest absolute Gasteiger partial charge is 0.123 e. The van der Waals surface area contributed by atoms with Gasteiger partial charge in [0.25, 0.3) is 0 Å². The van der Waals surface area contributed by atoms with Crippen LogP contribution in [-0.4, -0.2) is 9.55 Å². The second kappa shape index (κ2) is 4.14. The Morgan fingerprint density at radius 2 is 2.00 bits per heavy atom. The molecule has 2 aromatic heterocycles. The Morgan fingerprint density at radius 1 is 1.17 bits per heavy atom. The third kappa shape index (κ3) is 1.78. The maximum absolute atomic E-state index is 5.61. The zero-order valence-electron chi connectivity index (χ0n) is 9.89. The monoisotopic (exact) mass is 301 g/mol. The highest BCUT2D eigenvalue weighted by Crippen LogP contribution is 2.28. The summed E-state index contributed by atoms with van der Waals surface area (Å²) in [5.41, 5.74) is 9.01. The van der Waals surface area contributed by atoms with E-state index in [1.807, 2.05) is 18.2 Å². The van der Waals surface area contributed by atoms with Gasteiger partial charge in [-0.25, -0.2) is 4.98 Å². The molecule has 0 atom stereocenters. The van der Waals surface area contributed by atoms with Gasteiger partial charge < -0.3 is 10.3 Å². The first kappa shape index (κ1) is 11.3. The number of fused-ring (bicyclic) bond motifs is 1. The van der Waals surface area contributed by atoms with Crippen molar-refractivity contribution in [3.8, 4) is 11.3 Å². The molecule has 3 nitrogen and oxygen atoms in total. The van der Waals surface area contributed by atoms with Crippen LogP contribution in [0.25, 0.3) is 22.2 Å². The number of rotatable bonds is 1. The van der Waals surface area contributed by atoms with Crippen LogP contribution in [0, 0.1) is 0 Å². The number of aryl methyl sites for hydroxylation is 1. The van der Waals surface area contributed by atoms with Gasteiger partial charge in [0, 0.05) is 34.2 Å². The molecule has 90 valence electrons. The molecule has 0 saturated heterocycles. The average molecular weight is 302 g/mol. The van der Waals surface area contributed by atoms with Crippen LogP contribution in [-0.2, 0) is 7.05 Å². The Balaban J connectivity index is 2.23. The van der Waals surface area contributed by atoms with Crippen LogP contribution >= 0.6 is 15.9 Å². The van der Waals surface area contributed by atoms with Crippen molar-refractivity contribution in [2.24, 2.45) is 7.05 Å². The van der Waals surface area contributed by atoms with Crippen molar-refractivity contribution in [2.45, 2.75) is 0 Å². The Labute approximate surface area is 113 Å². The number of aromatic nitrogens is 2. The quantitative estimate of drug-likeness (QED) is 0.746. The molecule has 3 rings (SSSR count). The summed E-state index contributed by atoms with van der Waals surface area (Å²) in [5.74, 6) is 0.542. The van der Waals surface area contributed by atoms with Crippen LogP contribution in [0.1, 0.15) is 0 Å². The number of hydrogen-bond acceptors (Lipinski definition) is 2. The molecule has 0 unspecified atom stereocenters. The minimum Gasteiger partial charge on any atom is -0.384 e. The molecule has 0 spiro atoms. The fraction of sp³-hybridized carbons (Fsp3) is 0.0714.